The van der Waals surface area contributed by atoms with Crippen LogP contribution in [-0.2, 0) is 10.8 Å². The Morgan fingerprint density at radius 3 is 2.50 bits per heavy atom. The summed E-state index contributed by atoms with van der Waals surface area (Å²) >= 11 is 0. The summed E-state index contributed by atoms with van der Waals surface area (Å²) in [6.07, 6.45) is 1.59. The summed E-state index contributed by atoms with van der Waals surface area (Å²) in [4.78, 5) is 31.7. The topological polar surface area (TPSA) is 91.9 Å². The van der Waals surface area contributed by atoms with Crippen LogP contribution in [0.25, 0.3) is 11.4 Å². The first-order valence-corrected chi connectivity index (χ1v) is 9.41. The summed E-state index contributed by atoms with van der Waals surface area (Å²) in [6, 6.07) is 15.1. The summed E-state index contributed by atoms with van der Waals surface area (Å²) in [5.74, 6) is 0.169. The van der Waals surface area contributed by atoms with E-state index in [9.17, 15) is 13.8 Å². The van der Waals surface area contributed by atoms with Gasteiger partial charge in [0.1, 0.15) is 5.82 Å². The molecule has 7 heteroatoms. The zero-order valence-corrected chi connectivity index (χ0v) is 15.1. The van der Waals surface area contributed by atoms with Gasteiger partial charge < -0.3 is 10.3 Å². The zero-order valence-electron chi connectivity index (χ0n) is 14.3. The summed E-state index contributed by atoms with van der Waals surface area (Å²) in [7, 11) is -1.08. The van der Waals surface area contributed by atoms with Crippen LogP contribution in [0.5, 0.6) is 0 Å². The molecule has 26 heavy (non-hydrogen) atoms. The van der Waals surface area contributed by atoms with Crippen LogP contribution in [0.1, 0.15) is 16.1 Å². The molecule has 0 spiro atoms. The molecule has 2 aromatic carbocycles. The van der Waals surface area contributed by atoms with Gasteiger partial charge in [-0.05, 0) is 43.3 Å². The number of aromatic amines is 1. The van der Waals surface area contributed by atoms with Crippen molar-refractivity contribution in [1.82, 2.24) is 9.97 Å². The van der Waals surface area contributed by atoms with Crippen LogP contribution >= 0.6 is 0 Å². The number of nitrogens with one attached hydrogen (secondary N) is 2. The molecule has 0 aliphatic carbocycles. The molecule has 0 aliphatic rings. The Morgan fingerprint density at radius 1 is 1.12 bits per heavy atom. The van der Waals surface area contributed by atoms with E-state index in [1.807, 2.05) is 0 Å². The van der Waals surface area contributed by atoms with Crippen molar-refractivity contribution >= 4 is 22.4 Å². The fourth-order valence-electron chi connectivity index (χ4n) is 2.46. The number of benzene rings is 2. The lowest BCUT2D eigenvalue weighted by atomic mass is 10.1. The lowest BCUT2D eigenvalue weighted by Crippen LogP contribution is -2.12. The van der Waals surface area contributed by atoms with Crippen molar-refractivity contribution in [3.8, 4) is 11.4 Å². The fourth-order valence-corrected chi connectivity index (χ4v) is 2.98. The van der Waals surface area contributed by atoms with E-state index < -0.39 is 10.8 Å². The molecule has 2 N–H and O–H groups in total. The van der Waals surface area contributed by atoms with Crippen LogP contribution in [0.15, 0.2) is 64.3 Å². The first kappa shape index (κ1) is 17.8. The van der Waals surface area contributed by atoms with Gasteiger partial charge in [0.2, 0.25) is 0 Å². The normalized spacial score (nSPS) is 11.8. The van der Waals surface area contributed by atoms with Crippen LogP contribution in [0.4, 0.5) is 5.69 Å². The highest BCUT2D eigenvalue weighted by molar-refractivity contribution is 7.84. The Kier molecular flexibility index (Phi) is 5.09. The molecule has 0 fully saturated rings. The Balaban J connectivity index is 1.83. The third-order valence-corrected chi connectivity index (χ3v) is 4.65. The van der Waals surface area contributed by atoms with Crippen molar-refractivity contribution in [2.45, 2.75) is 11.8 Å². The molecule has 0 aliphatic heterocycles. The molecule has 0 saturated heterocycles. The average Bonchev–Trinajstić information content (AvgIpc) is 2.61. The molecular formula is C19H17N3O3S. The van der Waals surface area contributed by atoms with E-state index in [0.29, 0.717) is 33.2 Å². The van der Waals surface area contributed by atoms with E-state index in [0.717, 1.165) is 0 Å². The largest absolute Gasteiger partial charge is 0.322 e. The summed E-state index contributed by atoms with van der Waals surface area (Å²) < 4.78 is 11.4. The number of aryl methyl sites for hydroxylation is 1. The minimum atomic E-state index is -1.08. The lowest BCUT2D eigenvalue weighted by molar-refractivity contribution is 0.102. The Bertz CT molecular complexity index is 1040. The van der Waals surface area contributed by atoms with Crippen molar-refractivity contribution in [2.75, 3.05) is 11.6 Å². The predicted molar refractivity (Wildman–Crippen MR) is 102 cm³/mol. The smallest absolute Gasteiger partial charge is 0.255 e. The molecule has 1 aromatic heterocycles. The standard InChI is InChI=1S/C19H17N3O3S/c1-12-10-17(23)22-18(20-12)14-4-3-5-15(11-14)21-19(24)13-6-8-16(9-7-13)26(2)25/h3-11H,1-2H3,(H,21,24)(H,20,22,23). The van der Waals surface area contributed by atoms with Gasteiger partial charge in [0.05, 0.1) is 0 Å². The van der Waals surface area contributed by atoms with E-state index in [1.165, 1.54) is 6.07 Å². The highest BCUT2D eigenvalue weighted by atomic mass is 32.2. The number of amides is 1. The molecular weight excluding hydrogens is 350 g/mol. The van der Waals surface area contributed by atoms with Crippen molar-refractivity contribution in [3.05, 3.63) is 76.2 Å². The number of rotatable bonds is 4. The average molecular weight is 367 g/mol. The highest BCUT2D eigenvalue weighted by Crippen LogP contribution is 2.19. The van der Waals surface area contributed by atoms with E-state index in [4.69, 9.17) is 0 Å². The number of carbonyl (C=O) groups excluding carboxylic acids is 1. The third kappa shape index (κ3) is 4.12. The SMILES string of the molecule is Cc1cc(=O)[nH]c(-c2cccc(NC(=O)c3ccc(S(C)=O)cc3)c2)n1. The fraction of sp³-hybridized carbons (Fsp3) is 0.105. The molecule has 1 heterocycles. The number of aromatic nitrogens is 2. The second kappa shape index (κ2) is 7.45. The van der Waals surface area contributed by atoms with Gasteiger partial charge in [-0.1, -0.05) is 12.1 Å². The molecule has 6 nitrogen and oxygen atoms in total. The minimum Gasteiger partial charge on any atom is -0.322 e. The van der Waals surface area contributed by atoms with Crippen molar-refractivity contribution in [3.63, 3.8) is 0 Å². The van der Waals surface area contributed by atoms with Gasteiger partial charge in [-0.2, -0.15) is 0 Å². The number of hydrogen-bond donors (Lipinski definition) is 2. The first-order valence-electron chi connectivity index (χ1n) is 7.85. The summed E-state index contributed by atoms with van der Waals surface area (Å²) in [5, 5.41) is 2.81. The van der Waals surface area contributed by atoms with E-state index >= 15 is 0 Å². The molecule has 1 unspecified atom stereocenters. The van der Waals surface area contributed by atoms with E-state index in [-0.39, 0.29) is 11.5 Å². The van der Waals surface area contributed by atoms with Crippen LogP contribution in [0.3, 0.4) is 0 Å². The van der Waals surface area contributed by atoms with Crippen LogP contribution < -0.4 is 10.9 Å². The van der Waals surface area contributed by atoms with Crippen molar-refractivity contribution < 1.29 is 9.00 Å². The molecule has 0 saturated carbocycles. The molecule has 3 rings (SSSR count). The van der Waals surface area contributed by atoms with Crippen molar-refractivity contribution in [1.29, 1.82) is 0 Å². The quantitative estimate of drug-likeness (QED) is 0.742. The van der Waals surface area contributed by atoms with Crippen LogP contribution in [-0.4, -0.2) is 26.3 Å². The molecule has 1 atom stereocenters. The molecule has 0 radical (unpaired) electrons. The summed E-state index contributed by atoms with van der Waals surface area (Å²) in [6.45, 7) is 1.75. The monoisotopic (exact) mass is 367 g/mol. The van der Waals surface area contributed by atoms with Gasteiger partial charge in [-0.15, -0.1) is 0 Å². The van der Waals surface area contributed by atoms with Crippen LogP contribution in [0, 0.1) is 6.92 Å². The van der Waals surface area contributed by atoms with E-state index in [1.54, 1.807) is 61.7 Å². The summed E-state index contributed by atoms with van der Waals surface area (Å²) in [5.41, 5.74) is 2.13. The third-order valence-electron chi connectivity index (χ3n) is 3.71. The van der Waals surface area contributed by atoms with E-state index in [2.05, 4.69) is 15.3 Å². The maximum Gasteiger partial charge on any atom is 0.255 e. The first-order chi connectivity index (χ1) is 12.4. The second-order valence-electron chi connectivity index (χ2n) is 5.75. The lowest BCUT2D eigenvalue weighted by Gasteiger charge is -2.08. The zero-order chi connectivity index (χ0) is 18.7. The van der Waals surface area contributed by atoms with Gasteiger partial charge in [-0.25, -0.2) is 4.98 Å². The Morgan fingerprint density at radius 2 is 1.85 bits per heavy atom. The maximum absolute atomic E-state index is 12.4. The van der Waals surface area contributed by atoms with Gasteiger partial charge >= 0.3 is 0 Å². The predicted octanol–water partition coefficient (Wildman–Crippen LogP) is 2.74. The number of anilines is 1. The highest BCUT2D eigenvalue weighted by Gasteiger charge is 2.09. The van der Waals surface area contributed by atoms with Gasteiger partial charge in [0, 0.05) is 50.5 Å². The van der Waals surface area contributed by atoms with Gasteiger partial charge in [0.25, 0.3) is 11.5 Å². The molecule has 3 aromatic rings. The number of H-pyrrole nitrogens is 1. The van der Waals surface area contributed by atoms with Gasteiger partial charge in [0.15, 0.2) is 0 Å². The van der Waals surface area contributed by atoms with Crippen LogP contribution in [0.2, 0.25) is 0 Å². The second-order valence-corrected chi connectivity index (χ2v) is 7.13. The maximum atomic E-state index is 12.4. The Labute approximate surface area is 152 Å². The number of carbonyl (C=O) groups is 1. The molecule has 1 amide bonds. The minimum absolute atomic E-state index is 0.227. The molecule has 132 valence electrons. The van der Waals surface area contributed by atoms with Crippen molar-refractivity contribution in [2.24, 2.45) is 0 Å². The Hall–Kier alpha value is -3.06. The number of nitrogens with zero attached hydrogens (tertiary/aromatic N) is 1. The van der Waals surface area contributed by atoms with Gasteiger partial charge in [-0.3, -0.25) is 13.8 Å². The molecule has 0 bridgehead atoms. The number of hydrogen-bond acceptors (Lipinski definition) is 4.